The molecule has 1 rings (SSSR count). The Kier molecular flexibility index (Phi) is 38.7. The summed E-state index contributed by atoms with van der Waals surface area (Å²) in [4.78, 5) is 13.0. The van der Waals surface area contributed by atoms with E-state index in [1.807, 2.05) is 6.08 Å². The highest BCUT2D eigenvalue weighted by Gasteiger charge is 2.44. The van der Waals surface area contributed by atoms with E-state index < -0.39 is 49.5 Å². The van der Waals surface area contributed by atoms with Crippen LogP contribution in [-0.4, -0.2) is 87.5 Å². The van der Waals surface area contributed by atoms with Gasteiger partial charge >= 0.3 is 0 Å². The van der Waals surface area contributed by atoms with Crippen molar-refractivity contribution in [2.75, 3.05) is 13.2 Å². The van der Waals surface area contributed by atoms with Gasteiger partial charge in [-0.2, -0.15) is 0 Å². The summed E-state index contributed by atoms with van der Waals surface area (Å²) in [6.45, 7) is 3.71. The average Bonchev–Trinajstić information content (AvgIpc) is 3.26. The Morgan fingerprint density at radius 3 is 1.49 bits per heavy atom. The number of rotatable bonds is 40. The Balaban J connectivity index is 2.41. The third kappa shape index (κ3) is 32.0. The highest BCUT2D eigenvalue weighted by atomic mass is 16.7. The van der Waals surface area contributed by atoms with Crippen molar-refractivity contribution in [3.63, 3.8) is 0 Å². The second-order valence-corrected chi connectivity index (χ2v) is 16.9. The Bertz CT molecular complexity index is 1180. The number of allylic oxidation sites excluding steroid dienone is 11. The van der Waals surface area contributed by atoms with Crippen LogP contribution in [-0.2, 0) is 14.3 Å². The molecule has 1 aliphatic heterocycles. The van der Waals surface area contributed by atoms with Crippen LogP contribution < -0.4 is 5.32 Å². The number of amides is 1. The summed E-state index contributed by atoms with van der Waals surface area (Å²) in [6.07, 6.45) is 49.5. The molecule has 0 aromatic carbocycles. The fraction of sp³-hybridized carbons (Fsp3) is 0.750. The number of hydrogen-bond donors (Lipinski definition) is 6. The standard InChI is InChI=1S/C52H91NO8/c1-3-5-7-9-11-13-15-17-19-21-22-23-24-26-28-30-32-34-36-38-40-42-48(56)53-45(44-60-52-51(59)50(58)49(57)47(43-54)61-52)46(55)41-39-37-35-33-31-29-27-25-20-18-16-14-12-10-8-6-4-2/h19,21,23-24,28,30-31,33-34,36,39,41,45-47,49-52,54-55,57-59H,3-18,20,22,25-27,29,32,35,37-38,40,42-44H2,1-2H3,(H,53,56)/b21-19+,24-23+,30-28+,33-31+,36-34+,41-39+/t45-,46+,47-,49-,50?,51?,52-/m0/s1. The van der Waals surface area contributed by atoms with Gasteiger partial charge in [-0.1, -0.05) is 189 Å². The molecule has 9 nitrogen and oxygen atoms in total. The summed E-state index contributed by atoms with van der Waals surface area (Å²) in [7, 11) is 0. The SMILES string of the molecule is CCCCCCCCC/C=C/C/C=C/C/C=C/C/C=C/CCCC(=O)N[C@@H](CO[C@H]1O[C@@H](CO)[C@H](O)C(O)C1O)[C@H](O)/C=C/CC/C=C/CCCCCCCCCCCCC. The van der Waals surface area contributed by atoms with Gasteiger partial charge in [0.15, 0.2) is 6.29 Å². The molecule has 0 aromatic heterocycles. The fourth-order valence-electron chi connectivity index (χ4n) is 7.28. The van der Waals surface area contributed by atoms with E-state index in [0.717, 1.165) is 44.9 Å². The van der Waals surface area contributed by atoms with Crippen LogP contribution in [0.4, 0.5) is 0 Å². The first kappa shape index (κ1) is 56.6. The molecule has 1 saturated heterocycles. The number of unbranched alkanes of at least 4 members (excludes halogenated alkanes) is 20. The van der Waals surface area contributed by atoms with E-state index in [1.165, 1.54) is 122 Å². The molecule has 6 N–H and O–H groups in total. The van der Waals surface area contributed by atoms with E-state index in [0.29, 0.717) is 6.42 Å². The Morgan fingerprint density at radius 2 is 0.984 bits per heavy atom. The molecule has 0 radical (unpaired) electrons. The second kappa shape index (κ2) is 41.6. The van der Waals surface area contributed by atoms with Gasteiger partial charge in [0, 0.05) is 6.42 Å². The highest BCUT2D eigenvalue weighted by Crippen LogP contribution is 2.22. The summed E-state index contributed by atoms with van der Waals surface area (Å²) in [5.74, 6) is -0.243. The molecule has 1 aliphatic rings. The van der Waals surface area contributed by atoms with Crippen LogP contribution in [0.15, 0.2) is 72.9 Å². The molecule has 7 atom stereocenters. The molecule has 0 spiro atoms. The molecule has 1 heterocycles. The lowest BCUT2D eigenvalue weighted by molar-refractivity contribution is -0.302. The highest BCUT2D eigenvalue weighted by molar-refractivity contribution is 5.76. The smallest absolute Gasteiger partial charge is 0.220 e. The minimum Gasteiger partial charge on any atom is -0.394 e. The normalized spacial score (nSPS) is 21.1. The van der Waals surface area contributed by atoms with Gasteiger partial charge in [0.25, 0.3) is 0 Å². The van der Waals surface area contributed by atoms with E-state index in [1.54, 1.807) is 6.08 Å². The Hall–Kier alpha value is -2.37. The zero-order valence-electron chi connectivity index (χ0n) is 38.6. The zero-order valence-corrected chi connectivity index (χ0v) is 38.6. The van der Waals surface area contributed by atoms with Crippen molar-refractivity contribution in [2.45, 2.75) is 236 Å². The maximum absolute atomic E-state index is 13.0. The largest absolute Gasteiger partial charge is 0.394 e. The maximum atomic E-state index is 13.0. The van der Waals surface area contributed by atoms with E-state index in [-0.39, 0.29) is 18.9 Å². The van der Waals surface area contributed by atoms with Crippen molar-refractivity contribution >= 4 is 5.91 Å². The van der Waals surface area contributed by atoms with Crippen molar-refractivity contribution < 1.29 is 39.8 Å². The monoisotopic (exact) mass is 858 g/mol. The maximum Gasteiger partial charge on any atom is 0.220 e. The molecule has 9 heteroatoms. The van der Waals surface area contributed by atoms with Gasteiger partial charge in [0.2, 0.25) is 5.91 Å². The van der Waals surface area contributed by atoms with E-state index in [9.17, 15) is 30.3 Å². The molecule has 1 fully saturated rings. The van der Waals surface area contributed by atoms with Gasteiger partial charge in [0.1, 0.15) is 24.4 Å². The summed E-state index contributed by atoms with van der Waals surface area (Å²) in [5, 5.41) is 54.2. The molecule has 2 unspecified atom stereocenters. The minimum absolute atomic E-state index is 0.226. The number of nitrogens with one attached hydrogen (secondary N) is 1. The number of carbonyl (C=O) groups excluding carboxylic acids is 1. The topological polar surface area (TPSA) is 149 Å². The summed E-state index contributed by atoms with van der Waals surface area (Å²) >= 11 is 0. The van der Waals surface area contributed by atoms with Gasteiger partial charge in [0.05, 0.1) is 25.4 Å². The van der Waals surface area contributed by atoms with Crippen LogP contribution in [0.1, 0.15) is 194 Å². The molecule has 352 valence electrons. The van der Waals surface area contributed by atoms with Gasteiger partial charge in [-0.05, 0) is 70.6 Å². The molecule has 0 aliphatic carbocycles. The lowest BCUT2D eigenvalue weighted by Crippen LogP contribution is -2.60. The van der Waals surface area contributed by atoms with E-state index >= 15 is 0 Å². The van der Waals surface area contributed by atoms with Gasteiger partial charge < -0.3 is 40.3 Å². The first-order valence-corrected chi connectivity index (χ1v) is 24.7. The third-order valence-corrected chi connectivity index (χ3v) is 11.3. The fourth-order valence-corrected chi connectivity index (χ4v) is 7.28. The predicted molar refractivity (Wildman–Crippen MR) is 253 cm³/mol. The number of ether oxygens (including phenoxy) is 2. The lowest BCUT2D eigenvalue weighted by atomic mass is 9.99. The van der Waals surface area contributed by atoms with Crippen LogP contribution in [0.2, 0.25) is 0 Å². The van der Waals surface area contributed by atoms with Crippen LogP contribution in [0, 0.1) is 0 Å². The Morgan fingerprint density at radius 1 is 0.557 bits per heavy atom. The van der Waals surface area contributed by atoms with Gasteiger partial charge in [-0.25, -0.2) is 0 Å². The first-order valence-electron chi connectivity index (χ1n) is 24.7. The Labute approximate surface area is 372 Å². The number of aliphatic hydroxyl groups excluding tert-OH is 5. The quantitative estimate of drug-likeness (QED) is 0.0264. The predicted octanol–water partition coefficient (Wildman–Crippen LogP) is 10.9. The van der Waals surface area contributed by atoms with Crippen LogP contribution in [0.25, 0.3) is 0 Å². The second-order valence-electron chi connectivity index (χ2n) is 16.9. The van der Waals surface area contributed by atoms with Gasteiger partial charge in [-0.15, -0.1) is 0 Å². The molecule has 61 heavy (non-hydrogen) atoms. The van der Waals surface area contributed by atoms with Crippen molar-refractivity contribution in [3.8, 4) is 0 Å². The lowest BCUT2D eigenvalue weighted by Gasteiger charge is -2.40. The van der Waals surface area contributed by atoms with Crippen molar-refractivity contribution in [3.05, 3.63) is 72.9 Å². The van der Waals surface area contributed by atoms with Crippen LogP contribution in [0.5, 0.6) is 0 Å². The van der Waals surface area contributed by atoms with Crippen molar-refractivity contribution in [1.29, 1.82) is 0 Å². The number of aliphatic hydroxyl groups is 5. The third-order valence-electron chi connectivity index (χ3n) is 11.3. The molecule has 0 saturated carbocycles. The van der Waals surface area contributed by atoms with Crippen molar-refractivity contribution in [1.82, 2.24) is 5.32 Å². The molecule has 0 aromatic rings. The first-order chi connectivity index (χ1) is 29.8. The zero-order chi connectivity index (χ0) is 44.4. The van der Waals surface area contributed by atoms with Gasteiger partial charge in [-0.3, -0.25) is 4.79 Å². The van der Waals surface area contributed by atoms with E-state index in [4.69, 9.17) is 9.47 Å². The number of hydrogen-bond acceptors (Lipinski definition) is 8. The average molecular weight is 858 g/mol. The van der Waals surface area contributed by atoms with E-state index in [2.05, 4.69) is 79.9 Å². The molecule has 1 amide bonds. The molecular formula is C52H91NO8. The molecular weight excluding hydrogens is 767 g/mol. The number of carbonyl (C=O) groups is 1. The summed E-state index contributed by atoms with van der Waals surface area (Å²) in [6, 6.07) is -0.853. The summed E-state index contributed by atoms with van der Waals surface area (Å²) < 4.78 is 11.2. The summed E-state index contributed by atoms with van der Waals surface area (Å²) in [5.41, 5.74) is 0. The minimum atomic E-state index is -1.58. The molecule has 0 bridgehead atoms. The van der Waals surface area contributed by atoms with Crippen molar-refractivity contribution in [2.24, 2.45) is 0 Å². The van der Waals surface area contributed by atoms with Crippen LogP contribution >= 0.6 is 0 Å². The van der Waals surface area contributed by atoms with Crippen LogP contribution in [0.3, 0.4) is 0 Å².